The summed E-state index contributed by atoms with van der Waals surface area (Å²) in [6, 6.07) is 5.20. The van der Waals surface area contributed by atoms with Crippen LogP contribution in [0.15, 0.2) is 30.7 Å². The molecule has 0 fully saturated rings. The summed E-state index contributed by atoms with van der Waals surface area (Å²) in [6.45, 7) is 0.446. The highest BCUT2D eigenvalue weighted by Gasteiger charge is 2.12. The van der Waals surface area contributed by atoms with Crippen molar-refractivity contribution < 1.29 is 14.6 Å². The molecule has 6 heteroatoms. The Morgan fingerprint density at radius 1 is 1.35 bits per heavy atom. The Kier molecular flexibility index (Phi) is 4.60. The number of hydrogen-bond acceptors (Lipinski definition) is 5. The number of aliphatic hydroxyl groups excluding tert-OH is 1. The zero-order chi connectivity index (χ0) is 14.5. The first kappa shape index (κ1) is 14.4. The molecule has 1 atom stereocenters. The standard InChI is InChI=1S/C14H19N3O3/c1-19-11-4-3-10(14(5-11)20-2)7-17-9-16-6-13(17)12(15)8-18/h3-6,9,12,18H,7-8,15H2,1-2H3. The lowest BCUT2D eigenvalue weighted by Crippen LogP contribution is -2.19. The van der Waals surface area contributed by atoms with Gasteiger partial charge in [-0.05, 0) is 12.1 Å². The van der Waals surface area contributed by atoms with Gasteiger partial charge in [-0.2, -0.15) is 0 Å². The molecule has 0 bridgehead atoms. The molecular weight excluding hydrogens is 258 g/mol. The SMILES string of the molecule is COc1ccc(Cn2cncc2C(N)CO)c(OC)c1. The topological polar surface area (TPSA) is 82.5 Å². The lowest BCUT2D eigenvalue weighted by Gasteiger charge is -2.15. The molecule has 2 aromatic rings. The number of methoxy groups -OCH3 is 2. The summed E-state index contributed by atoms with van der Waals surface area (Å²) in [6.07, 6.45) is 3.35. The van der Waals surface area contributed by atoms with E-state index in [0.717, 1.165) is 22.8 Å². The summed E-state index contributed by atoms with van der Waals surface area (Å²) in [7, 11) is 3.23. The van der Waals surface area contributed by atoms with Crippen molar-refractivity contribution in [3.8, 4) is 11.5 Å². The molecule has 0 spiro atoms. The Labute approximate surface area is 117 Å². The first-order valence-corrected chi connectivity index (χ1v) is 6.27. The molecule has 0 aliphatic heterocycles. The molecule has 1 aromatic carbocycles. The number of nitrogens with zero attached hydrogens (tertiary/aromatic N) is 2. The molecule has 2 rings (SSSR count). The Balaban J connectivity index is 2.28. The summed E-state index contributed by atoms with van der Waals surface area (Å²) in [5.41, 5.74) is 7.61. The number of aromatic nitrogens is 2. The number of imidazole rings is 1. The van der Waals surface area contributed by atoms with Crippen LogP contribution in [0.1, 0.15) is 17.3 Å². The van der Waals surface area contributed by atoms with Crippen LogP contribution in [0.25, 0.3) is 0 Å². The van der Waals surface area contributed by atoms with Crippen LogP contribution in [0.3, 0.4) is 0 Å². The number of hydrogen-bond donors (Lipinski definition) is 2. The summed E-state index contributed by atoms with van der Waals surface area (Å²) in [5, 5.41) is 9.16. The van der Waals surface area contributed by atoms with Gasteiger partial charge in [0.2, 0.25) is 0 Å². The van der Waals surface area contributed by atoms with Gasteiger partial charge in [0.1, 0.15) is 11.5 Å². The van der Waals surface area contributed by atoms with Crippen molar-refractivity contribution in [3.05, 3.63) is 42.0 Å². The van der Waals surface area contributed by atoms with Crippen molar-refractivity contribution in [1.29, 1.82) is 0 Å². The summed E-state index contributed by atoms with van der Waals surface area (Å²) in [5.74, 6) is 1.48. The third-order valence-electron chi connectivity index (χ3n) is 3.16. The van der Waals surface area contributed by atoms with Gasteiger partial charge in [-0.1, -0.05) is 0 Å². The second-order valence-corrected chi connectivity index (χ2v) is 4.41. The van der Waals surface area contributed by atoms with E-state index in [-0.39, 0.29) is 6.61 Å². The molecule has 1 heterocycles. The maximum absolute atomic E-state index is 9.16. The maximum atomic E-state index is 9.16. The van der Waals surface area contributed by atoms with Crippen LogP contribution < -0.4 is 15.2 Å². The van der Waals surface area contributed by atoms with Crippen LogP contribution in [0.4, 0.5) is 0 Å². The summed E-state index contributed by atoms with van der Waals surface area (Å²) >= 11 is 0. The molecule has 1 unspecified atom stereocenters. The highest BCUT2D eigenvalue weighted by atomic mass is 16.5. The first-order chi connectivity index (χ1) is 9.69. The number of rotatable bonds is 6. The van der Waals surface area contributed by atoms with E-state index in [0.29, 0.717) is 6.54 Å². The Hall–Kier alpha value is -2.05. The third-order valence-corrected chi connectivity index (χ3v) is 3.16. The van der Waals surface area contributed by atoms with Gasteiger partial charge in [0.15, 0.2) is 0 Å². The van der Waals surface area contributed by atoms with Crippen LogP contribution in [-0.4, -0.2) is 35.5 Å². The number of benzene rings is 1. The van der Waals surface area contributed by atoms with Crippen LogP contribution in [0.5, 0.6) is 11.5 Å². The molecule has 20 heavy (non-hydrogen) atoms. The molecule has 0 aliphatic carbocycles. The predicted molar refractivity (Wildman–Crippen MR) is 74.9 cm³/mol. The van der Waals surface area contributed by atoms with Crippen LogP contribution in [0.2, 0.25) is 0 Å². The molecule has 0 amide bonds. The second kappa shape index (κ2) is 6.40. The maximum Gasteiger partial charge on any atom is 0.127 e. The van der Waals surface area contributed by atoms with Gasteiger partial charge in [-0.15, -0.1) is 0 Å². The van der Waals surface area contributed by atoms with E-state index in [1.54, 1.807) is 26.7 Å². The first-order valence-electron chi connectivity index (χ1n) is 6.27. The van der Waals surface area contributed by atoms with Crippen molar-refractivity contribution in [3.63, 3.8) is 0 Å². The van der Waals surface area contributed by atoms with E-state index in [2.05, 4.69) is 4.98 Å². The molecule has 0 radical (unpaired) electrons. The van der Waals surface area contributed by atoms with E-state index in [4.69, 9.17) is 20.3 Å². The van der Waals surface area contributed by atoms with Crippen molar-refractivity contribution in [2.75, 3.05) is 20.8 Å². The van der Waals surface area contributed by atoms with Gasteiger partial charge in [0.25, 0.3) is 0 Å². The molecule has 6 nitrogen and oxygen atoms in total. The van der Waals surface area contributed by atoms with E-state index >= 15 is 0 Å². The highest BCUT2D eigenvalue weighted by molar-refractivity contribution is 5.41. The van der Waals surface area contributed by atoms with Crippen molar-refractivity contribution in [2.24, 2.45) is 5.73 Å². The Morgan fingerprint density at radius 3 is 2.80 bits per heavy atom. The van der Waals surface area contributed by atoms with E-state index < -0.39 is 6.04 Å². The number of nitrogens with two attached hydrogens (primary N) is 1. The van der Waals surface area contributed by atoms with Gasteiger partial charge >= 0.3 is 0 Å². The largest absolute Gasteiger partial charge is 0.497 e. The lowest BCUT2D eigenvalue weighted by atomic mass is 10.1. The zero-order valence-corrected chi connectivity index (χ0v) is 11.6. The van der Waals surface area contributed by atoms with Gasteiger partial charge in [-0.3, -0.25) is 0 Å². The Morgan fingerprint density at radius 2 is 2.15 bits per heavy atom. The third kappa shape index (κ3) is 2.92. The number of ether oxygens (including phenoxy) is 2. The fraction of sp³-hybridized carbons (Fsp3) is 0.357. The van der Waals surface area contributed by atoms with Gasteiger partial charge in [0.05, 0.1) is 45.4 Å². The quantitative estimate of drug-likeness (QED) is 0.821. The predicted octanol–water partition coefficient (Wildman–Crippen LogP) is 0.941. The average Bonchev–Trinajstić information content (AvgIpc) is 2.95. The lowest BCUT2D eigenvalue weighted by molar-refractivity contribution is 0.263. The van der Waals surface area contributed by atoms with Gasteiger partial charge in [-0.25, -0.2) is 4.98 Å². The summed E-state index contributed by atoms with van der Waals surface area (Å²) < 4.78 is 12.4. The minimum Gasteiger partial charge on any atom is -0.497 e. The van der Waals surface area contributed by atoms with E-state index in [1.807, 2.05) is 22.8 Å². The van der Waals surface area contributed by atoms with Gasteiger partial charge in [0, 0.05) is 17.8 Å². The van der Waals surface area contributed by atoms with Crippen LogP contribution >= 0.6 is 0 Å². The van der Waals surface area contributed by atoms with E-state index in [1.165, 1.54) is 0 Å². The normalized spacial score (nSPS) is 12.2. The molecule has 0 aliphatic rings. The Bertz CT molecular complexity index is 569. The average molecular weight is 277 g/mol. The molecule has 0 saturated carbocycles. The van der Waals surface area contributed by atoms with Crippen LogP contribution in [0, 0.1) is 0 Å². The fourth-order valence-corrected chi connectivity index (χ4v) is 2.03. The fourth-order valence-electron chi connectivity index (χ4n) is 2.03. The monoisotopic (exact) mass is 277 g/mol. The molecule has 108 valence electrons. The van der Waals surface area contributed by atoms with Crippen molar-refractivity contribution in [2.45, 2.75) is 12.6 Å². The zero-order valence-electron chi connectivity index (χ0n) is 11.6. The molecular formula is C14H19N3O3. The molecule has 3 N–H and O–H groups in total. The minimum atomic E-state index is -0.443. The van der Waals surface area contributed by atoms with Crippen molar-refractivity contribution >= 4 is 0 Å². The highest BCUT2D eigenvalue weighted by Crippen LogP contribution is 2.26. The van der Waals surface area contributed by atoms with Crippen molar-refractivity contribution in [1.82, 2.24) is 9.55 Å². The van der Waals surface area contributed by atoms with Crippen LogP contribution in [-0.2, 0) is 6.54 Å². The van der Waals surface area contributed by atoms with E-state index in [9.17, 15) is 0 Å². The summed E-state index contributed by atoms with van der Waals surface area (Å²) in [4.78, 5) is 4.08. The molecule has 1 aromatic heterocycles. The second-order valence-electron chi connectivity index (χ2n) is 4.41. The van der Waals surface area contributed by atoms with Gasteiger partial charge < -0.3 is 24.9 Å². The molecule has 0 saturated heterocycles. The smallest absolute Gasteiger partial charge is 0.127 e. The number of aliphatic hydroxyl groups is 1. The minimum absolute atomic E-state index is 0.120.